The highest BCUT2D eigenvalue weighted by molar-refractivity contribution is 6.38. The predicted molar refractivity (Wildman–Crippen MR) is 196 cm³/mol. The molecule has 4 aliphatic rings. The molecule has 0 bridgehead atoms. The summed E-state index contributed by atoms with van der Waals surface area (Å²) >= 11 is 0. The lowest BCUT2D eigenvalue weighted by molar-refractivity contribution is -0.115. The largest absolute Gasteiger partial charge is 0.357 e. The summed E-state index contributed by atoms with van der Waals surface area (Å²) in [5.41, 5.74) is 2.70. The van der Waals surface area contributed by atoms with Gasteiger partial charge in [-0.25, -0.2) is 18.7 Å². The number of aromatic nitrogens is 3. The molecule has 11 nitrogen and oxygen atoms in total. The van der Waals surface area contributed by atoms with Gasteiger partial charge in [-0.3, -0.25) is 24.0 Å². The van der Waals surface area contributed by atoms with Crippen molar-refractivity contribution in [1.82, 2.24) is 35.0 Å². The van der Waals surface area contributed by atoms with E-state index >= 15 is 0 Å². The number of nitrogens with zero attached hydrogens (tertiary/aromatic N) is 5. The van der Waals surface area contributed by atoms with Crippen molar-refractivity contribution in [2.24, 2.45) is 4.99 Å². The highest BCUT2D eigenvalue weighted by Gasteiger charge is 2.32. The van der Waals surface area contributed by atoms with Gasteiger partial charge in [0.2, 0.25) is 0 Å². The number of rotatable bonds is 7. The molecule has 1 saturated carbocycles. The molecule has 2 atom stereocenters. The van der Waals surface area contributed by atoms with Gasteiger partial charge in [-0.15, -0.1) is 0 Å². The fourth-order valence-corrected chi connectivity index (χ4v) is 7.74. The molecule has 0 radical (unpaired) electrons. The molecule has 51 heavy (non-hydrogen) atoms. The Kier molecular flexibility index (Phi) is 9.18. The number of hydrogen-bond donors (Lipinski definition) is 3. The van der Waals surface area contributed by atoms with E-state index in [2.05, 4.69) is 55.1 Å². The number of carbonyl (C=O) groups excluding carboxylic acids is 1. The SMILES string of the molecule is O=C(N[C@H]1CC[C@@H](n2c(=O)c3cc(F)cnc3n(-c3cccc(-c4ccc(CN5CCCNCC5)cc4)c3)c2=O)CC1)C1=NC2C=CC=CC2N1. The molecule has 2 fully saturated rings. The number of hydrogen-bond acceptors (Lipinski definition) is 8. The monoisotopic (exact) mass is 688 g/mol. The van der Waals surface area contributed by atoms with Gasteiger partial charge >= 0.3 is 5.69 Å². The molecule has 2 aliphatic carbocycles. The minimum absolute atomic E-state index is 0.0221. The zero-order valence-corrected chi connectivity index (χ0v) is 28.3. The molecule has 262 valence electrons. The zero-order valence-electron chi connectivity index (χ0n) is 28.3. The molecule has 8 rings (SSSR count). The summed E-state index contributed by atoms with van der Waals surface area (Å²) in [6.45, 7) is 5.04. The molecule has 2 unspecified atom stereocenters. The van der Waals surface area contributed by atoms with Gasteiger partial charge in [-0.2, -0.15) is 0 Å². The van der Waals surface area contributed by atoms with Crippen LogP contribution in [0.4, 0.5) is 4.39 Å². The Labute approximate surface area is 294 Å². The maximum atomic E-state index is 14.5. The quantitative estimate of drug-likeness (QED) is 0.271. The van der Waals surface area contributed by atoms with Gasteiger partial charge in [-0.1, -0.05) is 60.7 Å². The van der Waals surface area contributed by atoms with Crippen LogP contribution in [-0.4, -0.2) is 75.1 Å². The summed E-state index contributed by atoms with van der Waals surface area (Å²) in [6.07, 6.45) is 12.1. The molecule has 1 amide bonds. The number of carbonyl (C=O) groups is 1. The molecule has 4 heterocycles. The first-order valence-electron chi connectivity index (χ1n) is 17.9. The molecule has 1 saturated heterocycles. The number of nitrogens with one attached hydrogen (secondary N) is 3. The molecule has 2 aromatic carbocycles. The first-order chi connectivity index (χ1) is 24.9. The Bertz CT molecular complexity index is 2160. The third-order valence-electron chi connectivity index (χ3n) is 10.4. The summed E-state index contributed by atoms with van der Waals surface area (Å²) < 4.78 is 17.2. The van der Waals surface area contributed by atoms with Gasteiger partial charge < -0.3 is 16.0 Å². The van der Waals surface area contributed by atoms with Crippen molar-refractivity contribution < 1.29 is 9.18 Å². The Morgan fingerprint density at radius 3 is 2.59 bits per heavy atom. The van der Waals surface area contributed by atoms with Gasteiger partial charge in [0.25, 0.3) is 11.5 Å². The molecular formula is C39H41FN8O3. The van der Waals surface area contributed by atoms with Crippen molar-refractivity contribution in [2.75, 3.05) is 26.2 Å². The van der Waals surface area contributed by atoms with Crippen LogP contribution in [-0.2, 0) is 11.3 Å². The van der Waals surface area contributed by atoms with Crippen LogP contribution in [0.3, 0.4) is 0 Å². The number of amides is 1. The lowest BCUT2D eigenvalue weighted by Crippen LogP contribution is -2.48. The summed E-state index contributed by atoms with van der Waals surface area (Å²) in [4.78, 5) is 52.4. The molecule has 3 N–H and O–H groups in total. The first-order valence-corrected chi connectivity index (χ1v) is 17.9. The number of fused-ring (bicyclic) bond motifs is 2. The van der Waals surface area contributed by atoms with Crippen LogP contribution in [0.2, 0.25) is 0 Å². The topological polar surface area (TPSA) is 126 Å². The highest BCUT2D eigenvalue weighted by Crippen LogP contribution is 2.29. The molecule has 12 heteroatoms. The summed E-state index contributed by atoms with van der Waals surface area (Å²) in [5, 5.41) is 9.75. The van der Waals surface area contributed by atoms with Gasteiger partial charge in [0.15, 0.2) is 11.5 Å². The number of benzene rings is 2. The lowest BCUT2D eigenvalue weighted by Gasteiger charge is -2.30. The Morgan fingerprint density at radius 1 is 0.941 bits per heavy atom. The van der Waals surface area contributed by atoms with E-state index in [9.17, 15) is 18.8 Å². The van der Waals surface area contributed by atoms with E-state index in [0.717, 1.165) is 62.5 Å². The van der Waals surface area contributed by atoms with Crippen LogP contribution in [0, 0.1) is 5.82 Å². The van der Waals surface area contributed by atoms with E-state index < -0.39 is 23.1 Å². The number of halogens is 1. The van der Waals surface area contributed by atoms with Gasteiger partial charge in [0, 0.05) is 31.7 Å². The normalized spacial score (nSPS) is 23.4. The molecule has 0 spiro atoms. The second-order valence-corrected chi connectivity index (χ2v) is 13.8. The number of aliphatic imine (C=N–C) groups is 1. The second-order valence-electron chi connectivity index (χ2n) is 13.8. The van der Waals surface area contributed by atoms with Crippen molar-refractivity contribution in [3.05, 3.63) is 117 Å². The Hall–Kier alpha value is -5.20. The van der Waals surface area contributed by atoms with Crippen molar-refractivity contribution >= 4 is 22.8 Å². The average Bonchev–Trinajstić information content (AvgIpc) is 3.43. The average molecular weight is 689 g/mol. The molecular weight excluding hydrogens is 647 g/mol. The predicted octanol–water partition coefficient (Wildman–Crippen LogP) is 3.61. The third kappa shape index (κ3) is 6.81. The van der Waals surface area contributed by atoms with Crippen molar-refractivity contribution in [2.45, 2.75) is 62.8 Å². The van der Waals surface area contributed by atoms with E-state index in [1.165, 1.54) is 14.7 Å². The van der Waals surface area contributed by atoms with Crippen molar-refractivity contribution in [3.8, 4) is 16.8 Å². The van der Waals surface area contributed by atoms with E-state index in [1.807, 2.05) is 42.5 Å². The fraction of sp³-hybridized carbons (Fsp3) is 0.359. The summed E-state index contributed by atoms with van der Waals surface area (Å²) in [6, 6.07) is 16.5. The van der Waals surface area contributed by atoms with Gasteiger partial charge in [-0.05, 0) is 80.1 Å². The lowest BCUT2D eigenvalue weighted by atomic mass is 9.91. The zero-order chi connectivity index (χ0) is 34.9. The molecule has 2 aliphatic heterocycles. The fourth-order valence-electron chi connectivity index (χ4n) is 7.74. The van der Waals surface area contributed by atoms with Crippen LogP contribution >= 0.6 is 0 Å². The number of allylic oxidation sites excluding steroid dienone is 2. The molecule has 4 aromatic rings. The van der Waals surface area contributed by atoms with E-state index in [1.54, 1.807) is 6.07 Å². The minimum atomic E-state index is -0.651. The van der Waals surface area contributed by atoms with Crippen molar-refractivity contribution in [3.63, 3.8) is 0 Å². The standard InChI is InChI=1S/C39H41FN8O3/c40-28-22-32-36(42-23-28)47(31-6-3-5-27(21-31)26-11-9-25(10-12-26)24-46-19-4-17-41-18-20-46)39(51)48(38(32)50)30-15-13-29(14-16-30)43-37(49)35-44-33-7-1-2-8-34(33)45-35/h1-3,5-12,21-23,29-30,33-34,41H,4,13-20,24H2,(H,43,49)(H,44,45)/t29-,30+,33?,34?. The smallest absolute Gasteiger partial charge is 0.337 e. The summed E-state index contributed by atoms with van der Waals surface area (Å²) in [5.74, 6) is -0.594. The number of amidine groups is 1. The maximum Gasteiger partial charge on any atom is 0.337 e. The van der Waals surface area contributed by atoms with Crippen LogP contribution in [0.15, 0.2) is 99.7 Å². The molecule has 2 aromatic heterocycles. The van der Waals surface area contributed by atoms with Crippen LogP contribution < -0.4 is 27.2 Å². The second kappa shape index (κ2) is 14.2. The van der Waals surface area contributed by atoms with E-state index in [-0.39, 0.29) is 35.1 Å². The highest BCUT2D eigenvalue weighted by atomic mass is 19.1. The van der Waals surface area contributed by atoms with Crippen LogP contribution in [0.25, 0.3) is 27.8 Å². The van der Waals surface area contributed by atoms with E-state index in [0.29, 0.717) is 37.2 Å². The van der Waals surface area contributed by atoms with Crippen LogP contribution in [0.1, 0.15) is 43.7 Å². The third-order valence-corrected chi connectivity index (χ3v) is 10.4. The minimum Gasteiger partial charge on any atom is -0.357 e. The maximum absolute atomic E-state index is 14.5. The van der Waals surface area contributed by atoms with Crippen LogP contribution in [0.5, 0.6) is 0 Å². The van der Waals surface area contributed by atoms with Crippen molar-refractivity contribution in [1.29, 1.82) is 0 Å². The van der Waals surface area contributed by atoms with Gasteiger partial charge in [0.1, 0.15) is 5.82 Å². The first kappa shape index (κ1) is 33.0. The van der Waals surface area contributed by atoms with Gasteiger partial charge in [0.05, 0.1) is 29.4 Å². The Morgan fingerprint density at radius 2 is 1.76 bits per heavy atom. The number of pyridine rings is 1. The summed E-state index contributed by atoms with van der Waals surface area (Å²) in [7, 11) is 0. The van der Waals surface area contributed by atoms with E-state index in [4.69, 9.17) is 0 Å². The Balaban J connectivity index is 1.04.